The number of benzene rings is 1. The summed E-state index contributed by atoms with van der Waals surface area (Å²) < 4.78 is 66.6. The number of hydrogen-bond acceptors (Lipinski definition) is 2. The molecule has 1 saturated carbocycles. The fourth-order valence-electron chi connectivity index (χ4n) is 4.55. The predicted molar refractivity (Wildman–Crippen MR) is 157 cm³/mol. The molecule has 1 heterocycles. The minimum Gasteiger partial charge on any atom is -0.370 e. The van der Waals surface area contributed by atoms with Gasteiger partial charge in [-0.05, 0) is 57.2 Å². The third kappa shape index (κ3) is 10.3. The number of allylic oxidation sites excluding steroid dienone is 3. The van der Waals surface area contributed by atoms with Gasteiger partial charge in [-0.15, -0.1) is 26.3 Å². The second-order valence-corrected chi connectivity index (χ2v) is 9.80. The van der Waals surface area contributed by atoms with Crippen molar-refractivity contribution in [2.75, 3.05) is 13.1 Å². The molecule has 0 N–H and O–H groups in total. The van der Waals surface area contributed by atoms with Gasteiger partial charge in [0.25, 0.3) is 0 Å². The number of aryl methyl sites for hydroxylation is 2. The predicted octanol–water partition coefficient (Wildman–Crippen LogP) is 9.99. The molecule has 0 bridgehead atoms. The summed E-state index contributed by atoms with van der Waals surface area (Å²) in [4.78, 5) is 5.99. The summed E-state index contributed by atoms with van der Waals surface area (Å²) in [5, 5.41) is 0. The third-order valence-electron chi connectivity index (χ3n) is 6.51. The molecule has 0 amide bonds. The second kappa shape index (κ2) is 15.6. The van der Waals surface area contributed by atoms with Gasteiger partial charge in [0.15, 0.2) is 0 Å². The van der Waals surface area contributed by atoms with Crippen LogP contribution in [-0.4, -0.2) is 35.8 Å². The van der Waals surface area contributed by atoms with Crippen LogP contribution in [-0.2, 0) is 6.42 Å². The lowest BCUT2D eigenvalue weighted by Gasteiger charge is -2.27. The quantitative estimate of drug-likeness (QED) is 0.136. The van der Waals surface area contributed by atoms with Gasteiger partial charge in [-0.2, -0.15) is 13.2 Å². The van der Waals surface area contributed by atoms with Gasteiger partial charge in [0.05, 0.1) is 0 Å². The average molecular weight is 553 g/mol. The first-order valence-corrected chi connectivity index (χ1v) is 13.1. The van der Waals surface area contributed by atoms with Crippen LogP contribution in [0.4, 0.5) is 22.0 Å². The fraction of sp³-hybridized carbons (Fsp3) is 0.469. The number of hydrogen-bond donors (Lipinski definition) is 0. The van der Waals surface area contributed by atoms with Crippen LogP contribution in [0.25, 0.3) is 5.70 Å². The van der Waals surface area contributed by atoms with Crippen LogP contribution >= 0.6 is 0 Å². The first-order chi connectivity index (χ1) is 18.2. The topological polar surface area (TPSA) is 15.6 Å². The maximum absolute atomic E-state index is 13.4. The van der Waals surface area contributed by atoms with E-state index < -0.39 is 23.2 Å². The van der Waals surface area contributed by atoms with E-state index in [1.165, 1.54) is 6.42 Å². The molecular formula is C32H45F5N2. The van der Waals surface area contributed by atoms with Crippen molar-refractivity contribution in [1.29, 1.82) is 0 Å². The van der Waals surface area contributed by atoms with Gasteiger partial charge in [0, 0.05) is 41.9 Å². The van der Waals surface area contributed by atoms with Gasteiger partial charge < -0.3 is 4.90 Å². The zero-order valence-electron chi connectivity index (χ0n) is 24.2. The highest BCUT2D eigenvalue weighted by Crippen LogP contribution is 2.60. The van der Waals surface area contributed by atoms with Crippen molar-refractivity contribution in [3.63, 3.8) is 0 Å². The number of rotatable bonds is 8. The number of aliphatic imine (C=N–C) groups is 1. The Bertz CT molecular complexity index is 1010. The summed E-state index contributed by atoms with van der Waals surface area (Å²) in [6.07, 6.45) is -0.577. The molecular weight excluding hydrogens is 507 g/mol. The summed E-state index contributed by atoms with van der Waals surface area (Å²) in [5.41, 5.74) is 2.43. The highest BCUT2D eigenvalue weighted by molar-refractivity contribution is 5.93. The van der Waals surface area contributed by atoms with Crippen LogP contribution < -0.4 is 0 Å². The molecule has 0 spiro atoms. The number of piperidine rings is 1. The molecule has 2 aliphatic rings. The van der Waals surface area contributed by atoms with Gasteiger partial charge in [0.1, 0.15) is 5.70 Å². The molecule has 0 radical (unpaired) electrons. The largest absolute Gasteiger partial charge is 0.433 e. The number of alkyl halides is 5. The van der Waals surface area contributed by atoms with Crippen LogP contribution in [0.5, 0.6) is 0 Å². The molecule has 1 aromatic rings. The molecule has 0 aromatic heterocycles. The lowest BCUT2D eigenvalue weighted by molar-refractivity contribution is -0.0923. The van der Waals surface area contributed by atoms with Crippen molar-refractivity contribution in [3.8, 4) is 0 Å². The van der Waals surface area contributed by atoms with E-state index in [0.29, 0.717) is 18.8 Å². The first-order valence-electron chi connectivity index (χ1n) is 13.1. The third-order valence-corrected chi connectivity index (χ3v) is 6.51. The normalized spacial score (nSPS) is 20.3. The molecule has 1 saturated heterocycles. The summed E-state index contributed by atoms with van der Waals surface area (Å²) in [6.45, 7) is 29.5. The molecule has 2 unspecified atom stereocenters. The molecule has 218 valence electrons. The number of likely N-dealkylation sites (tertiary alicyclic amines) is 1. The van der Waals surface area contributed by atoms with E-state index in [4.69, 9.17) is 0 Å². The lowest BCUT2D eigenvalue weighted by atomic mass is 9.96. The summed E-state index contributed by atoms with van der Waals surface area (Å²) in [5.74, 6) is -2.56. The van der Waals surface area contributed by atoms with Gasteiger partial charge in [-0.1, -0.05) is 57.2 Å². The van der Waals surface area contributed by atoms with E-state index in [-0.39, 0.29) is 18.8 Å². The smallest absolute Gasteiger partial charge is 0.370 e. The Hall–Kier alpha value is -2.96. The van der Waals surface area contributed by atoms with E-state index in [1.54, 1.807) is 6.92 Å². The maximum atomic E-state index is 13.4. The van der Waals surface area contributed by atoms with Crippen molar-refractivity contribution in [2.24, 2.45) is 16.3 Å². The maximum Gasteiger partial charge on any atom is 0.433 e. The van der Waals surface area contributed by atoms with E-state index in [9.17, 15) is 22.0 Å². The van der Waals surface area contributed by atoms with E-state index in [0.717, 1.165) is 47.9 Å². The first kappa shape index (κ1) is 36.0. The van der Waals surface area contributed by atoms with Crippen LogP contribution in [0.3, 0.4) is 0 Å². The highest BCUT2D eigenvalue weighted by atomic mass is 19.4. The minimum atomic E-state index is -4.55. The minimum absolute atomic E-state index is 0.203. The Kier molecular flexibility index (Phi) is 14.4. The molecule has 2 atom stereocenters. The van der Waals surface area contributed by atoms with Gasteiger partial charge >= 0.3 is 6.18 Å². The molecule has 2 fully saturated rings. The Morgan fingerprint density at radius 2 is 1.69 bits per heavy atom. The number of fused-ring (bicyclic) bond motifs is 1. The molecule has 39 heavy (non-hydrogen) atoms. The molecule has 1 aliphatic heterocycles. The molecule has 2 nitrogen and oxygen atoms in total. The average Bonchev–Trinajstić information content (AvgIpc) is 3.45. The SMILES string of the molecule is C=C.C=C.C=C/C=C(\N=C(C)C12CC1CN(C(=C)c1cc(C)ccc1CCC(C)(F)F)C2)C(F)(F)F.CCC. The van der Waals surface area contributed by atoms with Crippen LogP contribution in [0.2, 0.25) is 0 Å². The van der Waals surface area contributed by atoms with Crippen LogP contribution in [0, 0.1) is 18.3 Å². The van der Waals surface area contributed by atoms with Crippen molar-refractivity contribution < 1.29 is 22.0 Å². The lowest BCUT2D eigenvalue weighted by Crippen LogP contribution is -2.27. The molecule has 1 aromatic carbocycles. The second-order valence-electron chi connectivity index (χ2n) is 9.80. The van der Waals surface area contributed by atoms with Gasteiger partial charge in [0.2, 0.25) is 5.92 Å². The standard InChI is InChI=1S/C25H29F5N2.C3H8.2C2H4/c1-6-7-22(25(28,29)30)31-18(4)24-13-20(24)14-32(15-24)17(3)21-12-16(2)8-9-19(21)10-11-23(5,26)27;1-3-2;2*1-2/h6-9,12,20H,1,3,10-11,13-15H2,2,4-5H3;3H2,1-2H3;2*1-2H2/b22-7-,31-18?;;;. The van der Waals surface area contributed by atoms with Crippen molar-refractivity contribution in [3.05, 3.63) is 92.2 Å². The number of nitrogens with zero attached hydrogens (tertiary/aromatic N) is 2. The Balaban J connectivity index is 0.00000189. The van der Waals surface area contributed by atoms with Crippen LogP contribution in [0.15, 0.2) is 80.5 Å². The van der Waals surface area contributed by atoms with E-state index >= 15 is 0 Å². The van der Waals surface area contributed by atoms with Crippen molar-refractivity contribution in [1.82, 2.24) is 4.90 Å². The van der Waals surface area contributed by atoms with Crippen molar-refractivity contribution in [2.45, 2.75) is 72.4 Å². The van der Waals surface area contributed by atoms with E-state index in [2.05, 4.69) is 63.2 Å². The van der Waals surface area contributed by atoms with Crippen molar-refractivity contribution >= 4 is 11.4 Å². The van der Waals surface area contributed by atoms with Gasteiger partial charge in [-0.3, -0.25) is 4.99 Å². The monoisotopic (exact) mass is 552 g/mol. The summed E-state index contributed by atoms with van der Waals surface area (Å²) >= 11 is 0. The van der Waals surface area contributed by atoms with Gasteiger partial charge in [-0.25, -0.2) is 8.78 Å². The Labute approximate surface area is 232 Å². The number of halogens is 5. The molecule has 3 rings (SSSR count). The highest BCUT2D eigenvalue weighted by Gasteiger charge is 2.62. The van der Waals surface area contributed by atoms with E-state index in [1.807, 2.05) is 25.1 Å². The summed E-state index contributed by atoms with van der Waals surface area (Å²) in [6, 6.07) is 5.69. The fourth-order valence-corrected chi connectivity index (χ4v) is 4.55. The zero-order chi connectivity index (χ0) is 30.6. The summed E-state index contributed by atoms with van der Waals surface area (Å²) in [7, 11) is 0. The molecule has 1 aliphatic carbocycles. The Morgan fingerprint density at radius 1 is 1.13 bits per heavy atom. The van der Waals surface area contributed by atoms with Crippen LogP contribution in [0.1, 0.15) is 63.6 Å². The Morgan fingerprint density at radius 3 is 2.18 bits per heavy atom. The zero-order valence-corrected chi connectivity index (χ0v) is 24.2. The molecule has 7 heteroatoms.